The van der Waals surface area contributed by atoms with Crippen molar-refractivity contribution in [2.75, 3.05) is 0 Å². The molecule has 0 aliphatic rings. The Morgan fingerprint density at radius 2 is 2.17 bits per heavy atom. The first kappa shape index (κ1) is 16.2. The third-order valence-electron chi connectivity index (χ3n) is 3.43. The van der Waals surface area contributed by atoms with Crippen LogP contribution in [0.5, 0.6) is 5.75 Å². The Morgan fingerprint density at radius 3 is 2.88 bits per heavy atom. The molecule has 0 radical (unpaired) electrons. The minimum Gasteiger partial charge on any atom is -0.487 e. The van der Waals surface area contributed by atoms with Gasteiger partial charge >= 0.3 is 0 Å². The zero-order valence-corrected chi connectivity index (χ0v) is 14.3. The van der Waals surface area contributed by atoms with E-state index in [9.17, 15) is 4.79 Å². The maximum Gasteiger partial charge on any atom is 0.272 e. The summed E-state index contributed by atoms with van der Waals surface area (Å²) in [5.41, 5.74) is 1.93. The number of carbonyl (C=O) groups is 1. The molecule has 1 unspecified atom stereocenters. The lowest BCUT2D eigenvalue weighted by molar-refractivity contribution is 0.0934. The average molecular weight is 342 g/mol. The number of ether oxygens (including phenoxy) is 1. The first-order valence-electron chi connectivity index (χ1n) is 7.57. The smallest absolute Gasteiger partial charge is 0.272 e. The highest BCUT2D eigenvalue weighted by Gasteiger charge is 2.16. The summed E-state index contributed by atoms with van der Waals surface area (Å²) in [4.78, 5) is 16.6. The molecule has 3 aromatic rings. The van der Waals surface area contributed by atoms with Crippen molar-refractivity contribution in [2.24, 2.45) is 0 Å². The molecule has 7 heteroatoms. The van der Waals surface area contributed by atoms with E-state index < -0.39 is 0 Å². The quantitative estimate of drug-likeness (QED) is 0.721. The second-order valence-electron chi connectivity index (χ2n) is 5.37. The summed E-state index contributed by atoms with van der Waals surface area (Å²) < 4.78 is 5.63. The molecule has 3 rings (SSSR count). The highest BCUT2D eigenvalue weighted by atomic mass is 32.1. The number of rotatable bonds is 6. The zero-order chi connectivity index (χ0) is 16.9. The molecular formula is C17H18N4O2S. The van der Waals surface area contributed by atoms with Crippen LogP contribution in [0.1, 0.15) is 39.8 Å². The number of aryl methyl sites for hydroxylation is 1. The molecule has 124 valence electrons. The number of nitrogens with one attached hydrogen (secondary N) is 2. The van der Waals surface area contributed by atoms with Gasteiger partial charge in [0.1, 0.15) is 18.1 Å². The summed E-state index contributed by atoms with van der Waals surface area (Å²) in [6, 6.07) is 11.0. The summed E-state index contributed by atoms with van der Waals surface area (Å²) >= 11 is 1.56. The van der Waals surface area contributed by atoms with Gasteiger partial charge in [-0.3, -0.25) is 9.89 Å². The van der Waals surface area contributed by atoms with Gasteiger partial charge < -0.3 is 10.1 Å². The molecule has 0 aliphatic carbocycles. The third kappa shape index (κ3) is 3.99. The molecule has 0 saturated heterocycles. The van der Waals surface area contributed by atoms with Crippen molar-refractivity contribution in [3.05, 3.63) is 63.9 Å². The number of aromatic nitrogens is 3. The first-order valence-corrected chi connectivity index (χ1v) is 8.45. The Bertz CT molecular complexity index is 813. The number of benzene rings is 1. The highest BCUT2D eigenvalue weighted by Crippen LogP contribution is 2.16. The minimum atomic E-state index is -0.240. The van der Waals surface area contributed by atoms with Crippen molar-refractivity contribution in [1.29, 1.82) is 0 Å². The molecule has 6 nitrogen and oxygen atoms in total. The molecule has 0 saturated carbocycles. The molecule has 2 aromatic heterocycles. The minimum absolute atomic E-state index is 0.164. The Kier molecular flexibility index (Phi) is 4.90. The number of carbonyl (C=O) groups excluding carboxylic acids is 1. The summed E-state index contributed by atoms with van der Waals surface area (Å²) in [5.74, 6) is 0.529. The van der Waals surface area contributed by atoms with Crippen LogP contribution in [0.15, 0.2) is 41.8 Å². The normalized spacial score (nSPS) is 11.9. The van der Waals surface area contributed by atoms with E-state index in [1.54, 1.807) is 17.4 Å². The third-order valence-corrected chi connectivity index (χ3v) is 4.22. The van der Waals surface area contributed by atoms with E-state index in [-0.39, 0.29) is 11.9 Å². The van der Waals surface area contributed by atoms with Crippen LogP contribution >= 0.6 is 11.3 Å². The molecule has 1 amide bonds. The van der Waals surface area contributed by atoms with E-state index in [4.69, 9.17) is 4.74 Å². The van der Waals surface area contributed by atoms with Crippen molar-refractivity contribution < 1.29 is 9.53 Å². The van der Waals surface area contributed by atoms with Gasteiger partial charge in [0.15, 0.2) is 0 Å². The maximum absolute atomic E-state index is 12.3. The summed E-state index contributed by atoms with van der Waals surface area (Å²) in [7, 11) is 0. The molecule has 0 spiro atoms. The van der Waals surface area contributed by atoms with Crippen molar-refractivity contribution in [3.8, 4) is 5.75 Å². The number of hydrogen-bond acceptors (Lipinski definition) is 5. The second-order valence-corrected chi connectivity index (χ2v) is 6.43. The predicted molar refractivity (Wildman–Crippen MR) is 92.1 cm³/mol. The van der Waals surface area contributed by atoms with Gasteiger partial charge in [-0.05, 0) is 32.0 Å². The van der Waals surface area contributed by atoms with Gasteiger partial charge in [0, 0.05) is 5.38 Å². The van der Waals surface area contributed by atoms with Gasteiger partial charge in [0.2, 0.25) is 0 Å². The fourth-order valence-corrected chi connectivity index (χ4v) is 2.86. The number of nitrogens with zero attached hydrogens (tertiary/aromatic N) is 2. The molecule has 0 fully saturated rings. The lowest BCUT2D eigenvalue weighted by atomic mass is 10.2. The summed E-state index contributed by atoms with van der Waals surface area (Å²) in [6.45, 7) is 4.17. The van der Waals surface area contributed by atoms with E-state index in [1.165, 1.54) is 0 Å². The Labute approximate surface area is 143 Å². The summed E-state index contributed by atoms with van der Waals surface area (Å²) in [6.07, 6.45) is 0. The molecule has 0 bridgehead atoms. The lowest BCUT2D eigenvalue weighted by Crippen LogP contribution is -2.27. The van der Waals surface area contributed by atoms with E-state index in [0.717, 1.165) is 22.1 Å². The topological polar surface area (TPSA) is 79.9 Å². The van der Waals surface area contributed by atoms with Crippen LogP contribution in [0.3, 0.4) is 0 Å². The standard InChI is InChI=1S/C17H18N4O2S/c1-11(16-10-24-12(2)19-16)18-17(22)15-8-13(20-21-15)9-23-14-6-4-3-5-7-14/h3-8,10-11H,9H2,1-2H3,(H,18,22)(H,20,21). The average Bonchev–Trinajstić information content (AvgIpc) is 3.23. The molecule has 0 aliphatic heterocycles. The molecule has 1 aromatic carbocycles. The number of para-hydroxylation sites is 1. The fraction of sp³-hybridized carbons (Fsp3) is 0.235. The molecule has 2 heterocycles. The number of H-pyrrole nitrogens is 1. The molecule has 24 heavy (non-hydrogen) atoms. The van der Waals surface area contributed by atoms with Crippen molar-refractivity contribution >= 4 is 17.2 Å². The van der Waals surface area contributed by atoms with Gasteiger partial charge in [0.25, 0.3) is 5.91 Å². The van der Waals surface area contributed by atoms with E-state index in [1.807, 2.05) is 49.6 Å². The molecular weight excluding hydrogens is 324 g/mol. The number of hydrogen-bond donors (Lipinski definition) is 2. The monoisotopic (exact) mass is 342 g/mol. The largest absolute Gasteiger partial charge is 0.487 e. The van der Waals surface area contributed by atoms with Gasteiger partial charge in [-0.15, -0.1) is 11.3 Å². The number of amides is 1. The SMILES string of the molecule is Cc1nc(C(C)NC(=O)c2cc(COc3ccccc3)[nH]n2)cs1. The Morgan fingerprint density at radius 1 is 1.38 bits per heavy atom. The Balaban J connectivity index is 1.57. The van der Waals surface area contributed by atoms with Crippen LogP contribution in [0, 0.1) is 6.92 Å². The van der Waals surface area contributed by atoms with Crippen LogP contribution < -0.4 is 10.1 Å². The van der Waals surface area contributed by atoms with Crippen LogP contribution in [0.4, 0.5) is 0 Å². The van der Waals surface area contributed by atoms with E-state index >= 15 is 0 Å². The predicted octanol–water partition coefficient (Wildman–Crippen LogP) is 3.24. The van der Waals surface area contributed by atoms with Crippen LogP contribution in [-0.2, 0) is 6.61 Å². The van der Waals surface area contributed by atoms with Gasteiger partial charge in [0.05, 0.1) is 22.4 Å². The van der Waals surface area contributed by atoms with Crippen molar-refractivity contribution in [3.63, 3.8) is 0 Å². The molecule has 2 N–H and O–H groups in total. The first-order chi connectivity index (χ1) is 11.6. The van der Waals surface area contributed by atoms with Crippen molar-refractivity contribution in [1.82, 2.24) is 20.5 Å². The Hall–Kier alpha value is -2.67. The van der Waals surface area contributed by atoms with Gasteiger partial charge in [-0.25, -0.2) is 4.98 Å². The number of aromatic amines is 1. The number of thiazole rings is 1. The van der Waals surface area contributed by atoms with Crippen LogP contribution in [-0.4, -0.2) is 21.1 Å². The zero-order valence-electron chi connectivity index (χ0n) is 13.4. The second kappa shape index (κ2) is 7.27. The highest BCUT2D eigenvalue weighted by molar-refractivity contribution is 7.09. The van der Waals surface area contributed by atoms with Gasteiger partial charge in [-0.1, -0.05) is 18.2 Å². The van der Waals surface area contributed by atoms with Gasteiger partial charge in [-0.2, -0.15) is 5.10 Å². The van der Waals surface area contributed by atoms with Crippen LogP contribution in [0.2, 0.25) is 0 Å². The fourth-order valence-electron chi connectivity index (χ4n) is 2.15. The lowest BCUT2D eigenvalue weighted by Gasteiger charge is -2.09. The van der Waals surface area contributed by atoms with E-state index in [2.05, 4.69) is 20.5 Å². The molecule has 1 atom stereocenters. The summed E-state index contributed by atoms with van der Waals surface area (Å²) in [5, 5.41) is 12.7. The van der Waals surface area contributed by atoms with Crippen molar-refractivity contribution in [2.45, 2.75) is 26.5 Å². The van der Waals surface area contributed by atoms with E-state index in [0.29, 0.717) is 12.3 Å². The maximum atomic E-state index is 12.3. The van der Waals surface area contributed by atoms with Crippen LogP contribution in [0.25, 0.3) is 0 Å².